The molecule has 0 aliphatic heterocycles. The Labute approximate surface area is 201 Å². The van der Waals surface area contributed by atoms with E-state index in [1.54, 1.807) is 6.07 Å². The number of carbonyl (C=O) groups is 1. The lowest BCUT2D eigenvalue weighted by Gasteiger charge is -2.21. The maximum absolute atomic E-state index is 13.2. The van der Waals surface area contributed by atoms with E-state index in [-0.39, 0.29) is 47.8 Å². The van der Waals surface area contributed by atoms with Crippen LogP contribution in [0.25, 0.3) is 0 Å². The summed E-state index contributed by atoms with van der Waals surface area (Å²) in [5.74, 6) is 0.919. The van der Waals surface area contributed by atoms with Gasteiger partial charge >= 0.3 is 0 Å². The van der Waals surface area contributed by atoms with Gasteiger partial charge in [0.25, 0.3) is 0 Å². The molecule has 0 aromatic heterocycles. The van der Waals surface area contributed by atoms with Crippen LogP contribution in [0.1, 0.15) is 38.8 Å². The van der Waals surface area contributed by atoms with Crippen molar-refractivity contribution in [1.82, 2.24) is 16.0 Å². The molecule has 6 nitrogen and oxygen atoms in total. The molecule has 0 aliphatic rings. The van der Waals surface area contributed by atoms with Gasteiger partial charge in [0.05, 0.1) is 13.1 Å². The molecule has 170 valence electrons. The molecule has 2 aromatic carbocycles. The number of carbonyl (C=O) groups excluding carboxylic acids is 1. The second-order valence-electron chi connectivity index (χ2n) is 7.91. The minimum Gasteiger partial charge on any atom is -0.489 e. The van der Waals surface area contributed by atoms with Crippen LogP contribution in [0.2, 0.25) is 0 Å². The Morgan fingerprint density at radius 3 is 2.39 bits per heavy atom. The third kappa shape index (κ3) is 11.0. The molecule has 0 bridgehead atoms. The second-order valence-corrected chi connectivity index (χ2v) is 7.91. The van der Waals surface area contributed by atoms with E-state index in [9.17, 15) is 9.18 Å². The molecule has 31 heavy (non-hydrogen) atoms. The quantitative estimate of drug-likeness (QED) is 0.268. The molecule has 0 aliphatic carbocycles. The lowest BCUT2D eigenvalue weighted by Crippen LogP contribution is -2.48. The molecule has 3 N–H and O–H groups in total. The second kappa shape index (κ2) is 13.1. The van der Waals surface area contributed by atoms with Gasteiger partial charge in [-0.3, -0.25) is 4.79 Å². The number of nitrogens with one attached hydrogen (secondary N) is 3. The summed E-state index contributed by atoms with van der Waals surface area (Å²) in [6.45, 7) is 9.40. The first-order chi connectivity index (χ1) is 14.2. The zero-order valence-electron chi connectivity index (χ0n) is 18.5. The number of rotatable bonds is 8. The fourth-order valence-corrected chi connectivity index (χ4v) is 2.62. The zero-order chi connectivity index (χ0) is 22.0. The fourth-order valence-electron chi connectivity index (χ4n) is 2.62. The van der Waals surface area contributed by atoms with Crippen LogP contribution in [0.15, 0.2) is 53.5 Å². The summed E-state index contributed by atoms with van der Waals surface area (Å²) in [5, 5.41) is 9.07. The first-order valence-electron chi connectivity index (χ1n) is 10.0. The highest BCUT2D eigenvalue weighted by Gasteiger charge is 2.13. The molecule has 0 fully saturated rings. The molecule has 2 aromatic rings. The minimum absolute atomic E-state index is 0. The predicted molar refractivity (Wildman–Crippen MR) is 133 cm³/mol. The summed E-state index contributed by atoms with van der Waals surface area (Å²) in [5.41, 5.74) is 1.51. The van der Waals surface area contributed by atoms with Crippen molar-refractivity contribution in [2.24, 2.45) is 4.99 Å². The zero-order valence-corrected chi connectivity index (χ0v) is 20.8. The average molecular weight is 542 g/mol. The van der Waals surface area contributed by atoms with E-state index in [0.717, 1.165) is 11.1 Å². The van der Waals surface area contributed by atoms with Gasteiger partial charge in [-0.25, -0.2) is 9.38 Å². The van der Waals surface area contributed by atoms with Crippen LogP contribution in [-0.4, -0.2) is 30.5 Å². The maximum Gasteiger partial charge on any atom is 0.239 e. The number of amides is 1. The van der Waals surface area contributed by atoms with E-state index in [1.807, 2.05) is 58.0 Å². The molecule has 2 rings (SSSR count). The van der Waals surface area contributed by atoms with Crippen molar-refractivity contribution >= 4 is 35.8 Å². The Hall–Kier alpha value is -2.36. The molecular weight excluding hydrogens is 510 g/mol. The molecule has 0 atom stereocenters. The van der Waals surface area contributed by atoms with Crippen LogP contribution in [0, 0.1) is 5.82 Å². The topological polar surface area (TPSA) is 74.8 Å². The first-order valence-corrected chi connectivity index (χ1v) is 10.0. The molecule has 8 heteroatoms. The number of halogens is 2. The molecule has 0 saturated heterocycles. The number of hydrogen-bond donors (Lipinski definition) is 3. The van der Waals surface area contributed by atoms with E-state index in [0.29, 0.717) is 31.4 Å². The molecule has 0 heterocycles. The van der Waals surface area contributed by atoms with Crippen molar-refractivity contribution in [3.05, 3.63) is 65.5 Å². The van der Waals surface area contributed by atoms with Gasteiger partial charge in [-0.1, -0.05) is 24.3 Å². The predicted octanol–water partition coefficient (Wildman–Crippen LogP) is 3.99. The monoisotopic (exact) mass is 542 g/mol. The summed E-state index contributed by atoms with van der Waals surface area (Å²) >= 11 is 0. The molecule has 0 unspecified atom stereocenters. The summed E-state index contributed by atoms with van der Waals surface area (Å²) in [4.78, 5) is 16.5. The summed E-state index contributed by atoms with van der Waals surface area (Å²) in [7, 11) is 0. The molecule has 1 amide bonds. The van der Waals surface area contributed by atoms with Gasteiger partial charge in [-0.2, -0.15) is 0 Å². The fraction of sp³-hybridized carbons (Fsp3) is 0.391. The Balaban J connectivity index is 0.00000480. The Morgan fingerprint density at radius 2 is 1.77 bits per heavy atom. The molecule has 0 saturated carbocycles. The van der Waals surface area contributed by atoms with E-state index in [4.69, 9.17) is 4.74 Å². The van der Waals surface area contributed by atoms with Crippen molar-refractivity contribution in [3.8, 4) is 5.75 Å². The number of nitrogens with zero attached hydrogens (tertiary/aromatic N) is 1. The molecule has 0 spiro atoms. The average Bonchev–Trinajstić information content (AvgIpc) is 2.68. The Morgan fingerprint density at radius 1 is 1.06 bits per heavy atom. The normalized spacial score (nSPS) is 11.3. The van der Waals surface area contributed by atoms with Crippen LogP contribution in [-0.2, 0) is 17.9 Å². The van der Waals surface area contributed by atoms with Crippen molar-refractivity contribution in [2.75, 3.05) is 13.1 Å². The van der Waals surface area contributed by atoms with Crippen LogP contribution in [0.4, 0.5) is 4.39 Å². The van der Waals surface area contributed by atoms with E-state index in [2.05, 4.69) is 20.9 Å². The number of guanidine groups is 1. The van der Waals surface area contributed by atoms with Gasteiger partial charge in [0.1, 0.15) is 18.2 Å². The van der Waals surface area contributed by atoms with Gasteiger partial charge in [-0.05, 0) is 63.1 Å². The highest BCUT2D eigenvalue weighted by molar-refractivity contribution is 14.0. The van der Waals surface area contributed by atoms with Gasteiger partial charge in [-0.15, -0.1) is 24.0 Å². The number of hydrogen-bond acceptors (Lipinski definition) is 3. The summed E-state index contributed by atoms with van der Waals surface area (Å²) in [6, 6.07) is 13.9. The van der Waals surface area contributed by atoms with Crippen LogP contribution in [0.5, 0.6) is 5.75 Å². The van der Waals surface area contributed by atoms with Gasteiger partial charge in [0.2, 0.25) is 5.91 Å². The van der Waals surface area contributed by atoms with Crippen LogP contribution in [0.3, 0.4) is 0 Å². The smallest absolute Gasteiger partial charge is 0.239 e. The van der Waals surface area contributed by atoms with Crippen molar-refractivity contribution in [1.29, 1.82) is 0 Å². The number of aliphatic imine (C=N–C) groups is 1. The first kappa shape index (κ1) is 26.7. The standard InChI is InChI=1S/C23H31FN4O2.HI/c1-5-25-22(27-15-21(29)28-23(2,3)4)26-14-17-9-11-20(12-10-17)30-16-18-7-6-8-19(24)13-18;/h6-13H,5,14-16H2,1-4H3,(H,28,29)(H2,25,26,27);1H. The molecular formula is C23H32FIN4O2. The molecule has 0 radical (unpaired) electrons. The minimum atomic E-state index is -0.273. The third-order valence-corrected chi connectivity index (χ3v) is 3.91. The van der Waals surface area contributed by atoms with Gasteiger partial charge in [0.15, 0.2) is 5.96 Å². The highest BCUT2D eigenvalue weighted by atomic mass is 127. The maximum atomic E-state index is 13.2. The van der Waals surface area contributed by atoms with E-state index in [1.165, 1.54) is 12.1 Å². The van der Waals surface area contributed by atoms with Crippen LogP contribution < -0.4 is 20.7 Å². The Kier molecular flexibility index (Phi) is 11.3. The van der Waals surface area contributed by atoms with E-state index < -0.39 is 0 Å². The lowest BCUT2D eigenvalue weighted by atomic mass is 10.1. The van der Waals surface area contributed by atoms with Crippen molar-refractivity contribution in [3.63, 3.8) is 0 Å². The number of benzene rings is 2. The van der Waals surface area contributed by atoms with Gasteiger partial charge < -0.3 is 20.7 Å². The SMILES string of the molecule is CCNC(=NCc1ccc(OCc2cccc(F)c2)cc1)NCC(=O)NC(C)(C)C.I. The van der Waals surface area contributed by atoms with Crippen molar-refractivity contribution in [2.45, 2.75) is 46.4 Å². The van der Waals surface area contributed by atoms with Crippen molar-refractivity contribution < 1.29 is 13.9 Å². The van der Waals surface area contributed by atoms with Gasteiger partial charge in [0, 0.05) is 12.1 Å². The van der Waals surface area contributed by atoms with E-state index >= 15 is 0 Å². The summed E-state index contributed by atoms with van der Waals surface area (Å²) < 4.78 is 18.9. The number of ether oxygens (including phenoxy) is 1. The highest BCUT2D eigenvalue weighted by Crippen LogP contribution is 2.15. The largest absolute Gasteiger partial charge is 0.489 e. The van der Waals surface area contributed by atoms with Crippen LogP contribution >= 0.6 is 24.0 Å². The lowest BCUT2D eigenvalue weighted by molar-refractivity contribution is -0.121. The summed E-state index contributed by atoms with van der Waals surface area (Å²) in [6.07, 6.45) is 0. The Bertz CT molecular complexity index is 851. The third-order valence-electron chi connectivity index (χ3n) is 3.91.